The quantitative estimate of drug-likeness (QED) is 0.161. The first-order valence-electron chi connectivity index (χ1n) is 15.2. The zero-order valence-corrected chi connectivity index (χ0v) is 27.2. The Labute approximate surface area is 252 Å². The second-order valence-corrected chi connectivity index (χ2v) is 19.1. The summed E-state index contributed by atoms with van der Waals surface area (Å²) in [4.78, 5) is 1.48. The molecule has 1 aliphatic rings. The van der Waals surface area contributed by atoms with Crippen LogP contribution in [0.25, 0.3) is 12.2 Å². The Morgan fingerprint density at radius 1 is 1.07 bits per heavy atom. The maximum absolute atomic E-state index is 10.7. The van der Waals surface area contributed by atoms with Crippen LogP contribution in [0.3, 0.4) is 0 Å². The van der Waals surface area contributed by atoms with Crippen LogP contribution in [0.4, 0.5) is 0 Å². The van der Waals surface area contributed by atoms with E-state index in [2.05, 4.69) is 78.5 Å². The number of aromatic nitrogens is 4. The topological polar surface area (TPSA) is 94.3 Å². The number of tetrazole rings is 1. The third-order valence-corrected chi connectivity index (χ3v) is 9.51. The Morgan fingerprint density at radius 2 is 1.76 bits per heavy atom. The summed E-state index contributed by atoms with van der Waals surface area (Å²) >= 11 is 0. The molecule has 8 nitrogen and oxygen atoms in total. The van der Waals surface area contributed by atoms with E-state index in [1.54, 1.807) is 0 Å². The predicted octanol–water partition coefficient (Wildman–Crippen LogP) is 5.77. The van der Waals surface area contributed by atoms with Gasteiger partial charge in [-0.15, -0.1) is 15.0 Å². The summed E-state index contributed by atoms with van der Waals surface area (Å²) in [6.45, 7) is 15.2. The largest absolute Gasteiger partial charge is 0.389 e. The molecule has 4 rings (SSSR count). The molecule has 2 atom stereocenters. The molecule has 0 amide bonds. The maximum atomic E-state index is 10.7. The van der Waals surface area contributed by atoms with Crippen molar-refractivity contribution >= 4 is 20.2 Å². The van der Waals surface area contributed by atoms with Crippen molar-refractivity contribution < 1.29 is 14.6 Å². The fourth-order valence-electron chi connectivity index (χ4n) is 5.49. The molecule has 42 heavy (non-hydrogen) atoms. The van der Waals surface area contributed by atoms with Crippen LogP contribution >= 0.6 is 0 Å². The Hall–Kier alpha value is -2.69. The van der Waals surface area contributed by atoms with E-state index < -0.39 is 14.2 Å². The number of hydrogen-bond donors (Lipinski definition) is 2. The molecule has 2 aromatic carbocycles. The zero-order valence-electron chi connectivity index (χ0n) is 26.2. The van der Waals surface area contributed by atoms with E-state index in [-0.39, 0.29) is 18.2 Å². The number of hydrogen-bond acceptors (Lipinski definition) is 7. The van der Waals surface area contributed by atoms with Crippen molar-refractivity contribution in [3.8, 4) is 0 Å². The summed E-state index contributed by atoms with van der Waals surface area (Å²) in [5.41, 5.74) is 4.95. The Morgan fingerprint density at radius 3 is 2.48 bits per heavy atom. The molecule has 3 aromatic rings. The fourth-order valence-corrected chi connectivity index (χ4v) is 6.24. The SMILES string of the molecule is C[C@@H](OC[C@H](O)CNC(C)(C)CC1Cc2ccccc2C1)c1ccccc1C=Cc1nnn(COCC[Si](C)(C)C)n1. The summed E-state index contributed by atoms with van der Waals surface area (Å²) in [6.07, 6.45) is 6.39. The van der Waals surface area contributed by atoms with Crippen molar-refractivity contribution in [1.29, 1.82) is 0 Å². The van der Waals surface area contributed by atoms with Gasteiger partial charge in [0.15, 0.2) is 12.6 Å². The molecule has 0 fully saturated rings. The van der Waals surface area contributed by atoms with E-state index in [0.717, 1.165) is 36.4 Å². The Bertz CT molecular complexity index is 1280. The van der Waals surface area contributed by atoms with E-state index in [1.165, 1.54) is 15.9 Å². The molecule has 9 heteroatoms. The lowest BCUT2D eigenvalue weighted by Crippen LogP contribution is -2.45. The van der Waals surface area contributed by atoms with Crippen LogP contribution in [-0.2, 0) is 29.0 Å². The van der Waals surface area contributed by atoms with Gasteiger partial charge in [0.25, 0.3) is 0 Å². The predicted molar refractivity (Wildman–Crippen MR) is 172 cm³/mol. The van der Waals surface area contributed by atoms with Gasteiger partial charge in [-0.3, -0.25) is 0 Å². The van der Waals surface area contributed by atoms with Crippen molar-refractivity contribution in [2.75, 3.05) is 19.8 Å². The van der Waals surface area contributed by atoms with Crippen molar-refractivity contribution in [3.63, 3.8) is 0 Å². The van der Waals surface area contributed by atoms with Gasteiger partial charge >= 0.3 is 0 Å². The molecule has 1 aliphatic carbocycles. The second kappa shape index (κ2) is 14.7. The number of β-amino-alcohol motifs (C(OH)–C–C–N with tert-alkyl or cyclic N) is 1. The first-order valence-corrected chi connectivity index (χ1v) is 18.9. The monoisotopic (exact) mass is 591 g/mol. The summed E-state index contributed by atoms with van der Waals surface area (Å²) in [5, 5.41) is 26.9. The highest BCUT2D eigenvalue weighted by Gasteiger charge is 2.28. The summed E-state index contributed by atoms with van der Waals surface area (Å²) in [5.74, 6) is 1.16. The van der Waals surface area contributed by atoms with Crippen LogP contribution in [0, 0.1) is 5.92 Å². The minimum absolute atomic E-state index is 0.0628. The van der Waals surface area contributed by atoms with Gasteiger partial charge in [-0.05, 0) is 85.5 Å². The first-order chi connectivity index (χ1) is 20.0. The number of aliphatic hydroxyl groups excluding tert-OH is 1. The van der Waals surface area contributed by atoms with E-state index in [1.807, 2.05) is 43.3 Å². The summed E-state index contributed by atoms with van der Waals surface area (Å²) < 4.78 is 11.8. The molecule has 228 valence electrons. The summed E-state index contributed by atoms with van der Waals surface area (Å²) in [6, 6.07) is 18.0. The Kier molecular flexibility index (Phi) is 11.2. The number of rotatable bonds is 16. The van der Waals surface area contributed by atoms with Crippen molar-refractivity contribution in [2.24, 2.45) is 5.92 Å². The average molecular weight is 592 g/mol. The molecule has 0 saturated heterocycles. The van der Waals surface area contributed by atoms with Gasteiger partial charge in [-0.25, -0.2) is 0 Å². The van der Waals surface area contributed by atoms with E-state index in [0.29, 0.717) is 31.6 Å². The van der Waals surface area contributed by atoms with Gasteiger partial charge in [-0.2, -0.15) is 0 Å². The molecule has 0 radical (unpaired) electrons. The Balaban J connectivity index is 1.22. The average Bonchev–Trinajstić information content (AvgIpc) is 3.57. The smallest absolute Gasteiger partial charge is 0.197 e. The molecule has 0 spiro atoms. The van der Waals surface area contributed by atoms with Crippen LogP contribution in [-0.4, -0.2) is 64.8 Å². The number of aliphatic hydroxyl groups is 1. The molecular weight excluding hydrogens is 542 g/mol. The molecule has 0 bridgehead atoms. The van der Waals surface area contributed by atoms with Gasteiger partial charge in [0.05, 0.1) is 18.8 Å². The first kappa shape index (κ1) is 32.2. The molecule has 1 heterocycles. The molecule has 0 saturated carbocycles. The lowest BCUT2D eigenvalue weighted by Gasteiger charge is -2.31. The molecule has 0 aliphatic heterocycles. The van der Waals surface area contributed by atoms with Gasteiger partial charge in [0.2, 0.25) is 0 Å². The standard InChI is InChI=1S/C33H49N5O3Si/c1-25(41-23-30(39)22-34-33(2,3)21-26-19-28-12-7-8-13-29(28)20-26)31-14-10-9-11-27(31)15-16-32-35-37-38(36-32)24-40-17-18-42(4,5)6/h7-16,25-26,30,34,39H,17-24H2,1-6H3/t25-,30-/m1/s1. The fraction of sp³-hybridized carbons (Fsp3) is 0.545. The number of fused-ring (bicyclic) bond motifs is 1. The lowest BCUT2D eigenvalue weighted by atomic mass is 9.88. The minimum Gasteiger partial charge on any atom is -0.389 e. The van der Waals surface area contributed by atoms with Gasteiger partial charge in [0, 0.05) is 26.8 Å². The van der Waals surface area contributed by atoms with Crippen molar-refractivity contribution in [2.45, 2.75) is 90.2 Å². The number of ether oxygens (including phenoxy) is 2. The molecule has 0 unspecified atom stereocenters. The van der Waals surface area contributed by atoms with Crippen molar-refractivity contribution in [1.82, 2.24) is 25.5 Å². The van der Waals surface area contributed by atoms with Crippen LogP contribution in [0.15, 0.2) is 48.5 Å². The van der Waals surface area contributed by atoms with Crippen LogP contribution in [0.1, 0.15) is 61.4 Å². The molecule has 2 N–H and O–H groups in total. The van der Waals surface area contributed by atoms with Gasteiger partial charge in [-0.1, -0.05) is 74.2 Å². The van der Waals surface area contributed by atoms with Crippen molar-refractivity contribution in [3.05, 3.63) is 76.6 Å². The van der Waals surface area contributed by atoms with Crippen LogP contribution in [0.2, 0.25) is 25.7 Å². The number of nitrogens with one attached hydrogen (secondary N) is 1. The maximum Gasteiger partial charge on any atom is 0.197 e. The van der Waals surface area contributed by atoms with Crippen LogP contribution < -0.4 is 5.32 Å². The number of nitrogens with zero attached hydrogens (tertiary/aromatic N) is 4. The highest BCUT2D eigenvalue weighted by atomic mass is 28.3. The lowest BCUT2D eigenvalue weighted by molar-refractivity contribution is -0.00467. The number of benzene rings is 2. The third kappa shape index (κ3) is 10.2. The van der Waals surface area contributed by atoms with E-state index in [4.69, 9.17) is 9.47 Å². The zero-order chi connectivity index (χ0) is 30.2. The molecular formula is C33H49N5O3Si. The normalized spacial score (nSPS) is 15.8. The summed E-state index contributed by atoms with van der Waals surface area (Å²) in [7, 11) is -1.12. The highest BCUT2D eigenvalue weighted by molar-refractivity contribution is 6.76. The van der Waals surface area contributed by atoms with E-state index >= 15 is 0 Å². The van der Waals surface area contributed by atoms with E-state index in [9.17, 15) is 5.11 Å². The van der Waals surface area contributed by atoms with Gasteiger partial charge in [0.1, 0.15) is 0 Å². The third-order valence-electron chi connectivity index (χ3n) is 7.81. The highest BCUT2D eigenvalue weighted by Crippen LogP contribution is 2.32. The molecule has 1 aromatic heterocycles. The second-order valence-electron chi connectivity index (χ2n) is 13.5. The minimum atomic E-state index is -1.12. The van der Waals surface area contributed by atoms with Gasteiger partial charge < -0.3 is 19.9 Å². The van der Waals surface area contributed by atoms with Crippen LogP contribution in [0.5, 0.6) is 0 Å².